The van der Waals surface area contributed by atoms with Crippen molar-refractivity contribution in [3.8, 4) is 11.3 Å². The minimum Gasteiger partial charge on any atom is -0.465 e. The third-order valence-corrected chi connectivity index (χ3v) is 4.43. The van der Waals surface area contributed by atoms with Gasteiger partial charge in [0.25, 0.3) is 5.91 Å². The minimum atomic E-state index is -0.406. The second-order valence-electron chi connectivity index (χ2n) is 7.27. The molecule has 154 valence electrons. The van der Waals surface area contributed by atoms with Crippen molar-refractivity contribution >= 4 is 18.1 Å². The maximum absolute atomic E-state index is 12.3. The molecule has 7 heteroatoms. The predicted octanol–water partition coefficient (Wildman–Crippen LogP) is 3.83. The number of nitrogens with one attached hydrogen (secondary N) is 2. The Morgan fingerprint density at radius 3 is 2.47 bits per heavy atom. The van der Waals surface area contributed by atoms with Crippen LogP contribution in [0.2, 0.25) is 0 Å². The molecule has 30 heavy (non-hydrogen) atoms. The monoisotopic (exact) mass is 404 g/mol. The largest absolute Gasteiger partial charge is 0.465 e. The maximum atomic E-state index is 12.3. The van der Waals surface area contributed by atoms with E-state index in [4.69, 9.17) is 0 Å². The summed E-state index contributed by atoms with van der Waals surface area (Å²) >= 11 is 0. The van der Waals surface area contributed by atoms with E-state index >= 15 is 0 Å². The number of ether oxygens (including phenoxy) is 1. The summed E-state index contributed by atoms with van der Waals surface area (Å²) in [5.41, 5.74) is 6.85. The molecule has 1 aromatic heterocycles. The molecule has 0 saturated carbocycles. The van der Waals surface area contributed by atoms with Gasteiger partial charge in [-0.1, -0.05) is 50.2 Å². The van der Waals surface area contributed by atoms with Gasteiger partial charge in [-0.25, -0.2) is 10.2 Å². The lowest BCUT2D eigenvalue weighted by atomic mass is 10.0. The molecule has 0 atom stereocenters. The summed E-state index contributed by atoms with van der Waals surface area (Å²) in [7, 11) is 1.33. The average Bonchev–Trinajstić information content (AvgIpc) is 3.24. The number of H-pyrrole nitrogens is 1. The number of carbonyl (C=O) groups excluding carboxylic acids is 2. The summed E-state index contributed by atoms with van der Waals surface area (Å²) < 4.78 is 4.65. The van der Waals surface area contributed by atoms with Gasteiger partial charge in [-0.15, -0.1) is 0 Å². The van der Waals surface area contributed by atoms with Crippen LogP contribution in [0.3, 0.4) is 0 Å². The molecule has 0 aliphatic heterocycles. The number of hydrogen-bond donors (Lipinski definition) is 2. The van der Waals surface area contributed by atoms with E-state index in [2.05, 4.69) is 51.4 Å². The van der Waals surface area contributed by atoms with E-state index < -0.39 is 11.9 Å². The zero-order valence-electron chi connectivity index (χ0n) is 17.2. The normalized spacial score (nSPS) is 11.1. The Labute approximate surface area is 175 Å². The van der Waals surface area contributed by atoms with Crippen molar-refractivity contribution in [3.63, 3.8) is 0 Å². The van der Waals surface area contributed by atoms with Crippen LogP contribution >= 0.6 is 0 Å². The molecule has 3 aromatic rings. The average molecular weight is 404 g/mol. The third kappa shape index (κ3) is 5.41. The number of benzene rings is 2. The van der Waals surface area contributed by atoms with Crippen LogP contribution in [0, 0.1) is 5.92 Å². The van der Waals surface area contributed by atoms with E-state index in [9.17, 15) is 9.59 Å². The van der Waals surface area contributed by atoms with Crippen LogP contribution in [0.1, 0.15) is 45.8 Å². The highest BCUT2D eigenvalue weighted by molar-refractivity contribution is 5.94. The lowest BCUT2D eigenvalue weighted by molar-refractivity contribution is 0.0600. The molecule has 3 rings (SSSR count). The summed E-state index contributed by atoms with van der Waals surface area (Å²) in [6, 6.07) is 16.5. The number of amides is 1. The summed E-state index contributed by atoms with van der Waals surface area (Å²) in [5.74, 6) is -0.202. The van der Waals surface area contributed by atoms with Gasteiger partial charge in [-0.05, 0) is 41.7 Å². The fraction of sp³-hybridized carbons (Fsp3) is 0.217. The Morgan fingerprint density at radius 2 is 1.83 bits per heavy atom. The van der Waals surface area contributed by atoms with Crippen LogP contribution in [0.5, 0.6) is 0 Å². The number of hydrazone groups is 1. The molecule has 0 aliphatic rings. The molecule has 0 aliphatic carbocycles. The molecule has 0 spiro atoms. The van der Waals surface area contributed by atoms with Gasteiger partial charge in [-0.2, -0.15) is 10.2 Å². The number of aromatic amines is 1. The lowest BCUT2D eigenvalue weighted by Crippen LogP contribution is -2.18. The summed E-state index contributed by atoms with van der Waals surface area (Å²) in [6.07, 6.45) is 2.52. The first-order valence-corrected chi connectivity index (χ1v) is 9.62. The van der Waals surface area contributed by atoms with E-state index in [0.717, 1.165) is 17.5 Å². The van der Waals surface area contributed by atoms with Crippen LogP contribution in [-0.2, 0) is 11.2 Å². The van der Waals surface area contributed by atoms with Crippen molar-refractivity contribution in [3.05, 3.63) is 77.0 Å². The number of aromatic nitrogens is 2. The molecule has 0 unspecified atom stereocenters. The summed E-state index contributed by atoms with van der Waals surface area (Å²) in [4.78, 5) is 23.7. The van der Waals surface area contributed by atoms with Gasteiger partial charge < -0.3 is 4.74 Å². The Morgan fingerprint density at radius 1 is 1.13 bits per heavy atom. The van der Waals surface area contributed by atoms with Crippen molar-refractivity contribution in [2.75, 3.05) is 7.11 Å². The van der Waals surface area contributed by atoms with Gasteiger partial charge in [0, 0.05) is 5.56 Å². The van der Waals surface area contributed by atoms with Crippen LogP contribution in [0.15, 0.2) is 59.7 Å². The molecule has 0 fully saturated rings. The highest BCUT2D eigenvalue weighted by Crippen LogP contribution is 2.19. The van der Waals surface area contributed by atoms with Crippen LogP contribution in [-0.4, -0.2) is 35.4 Å². The van der Waals surface area contributed by atoms with Gasteiger partial charge >= 0.3 is 5.97 Å². The van der Waals surface area contributed by atoms with Gasteiger partial charge in [0.15, 0.2) is 0 Å². The van der Waals surface area contributed by atoms with Gasteiger partial charge in [0.1, 0.15) is 5.69 Å². The zero-order chi connectivity index (χ0) is 21.5. The number of nitrogens with zero attached hydrogens (tertiary/aromatic N) is 2. The van der Waals surface area contributed by atoms with Crippen molar-refractivity contribution in [2.45, 2.75) is 20.3 Å². The topological polar surface area (TPSA) is 96.4 Å². The summed E-state index contributed by atoms with van der Waals surface area (Å²) in [6.45, 7) is 4.37. The van der Waals surface area contributed by atoms with Gasteiger partial charge in [0.2, 0.25) is 0 Å². The molecule has 0 bridgehead atoms. The third-order valence-electron chi connectivity index (χ3n) is 4.43. The first-order chi connectivity index (χ1) is 14.5. The van der Waals surface area contributed by atoms with Crippen LogP contribution < -0.4 is 5.43 Å². The number of rotatable bonds is 7. The maximum Gasteiger partial charge on any atom is 0.337 e. The second kappa shape index (κ2) is 9.65. The molecule has 1 heterocycles. The van der Waals surface area contributed by atoms with Crippen molar-refractivity contribution < 1.29 is 14.3 Å². The number of esters is 1. The van der Waals surface area contributed by atoms with Crippen molar-refractivity contribution in [1.82, 2.24) is 15.6 Å². The van der Waals surface area contributed by atoms with Crippen molar-refractivity contribution in [1.29, 1.82) is 0 Å². The Kier molecular flexibility index (Phi) is 6.75. The highest BCUT2D eigenvalue weighted by Gasteiger charge is 2.11. The Balaban J connectivity index is 1.59. The van der Waals surface area contributed by atoms with E-state index in [1.807, 2.05) is 12.1 Å². The first kappa shape index (κ1) is 21.0. The Bertz CT molecular complexity index is 1040. The van der Waals surface area contributed by atoms with E-state index in [-0.39, 0.29) is 0 Å². The van der Waals surface area contributed by atoms with Gasteiger partial charge in [0.05, 0.1) is 24.6 Å². The molecular formula is C23H24N4O3. The van der Waals surface area contributed by atoms with Crippen molar-refractivity contribution in [2.24, 2.45) is 11.0 Å². The first-order valence-electron chi connectivity index (χ1n) is 9.62. The van der Waals surface area contributed by atoms with Gasteiger partial charge in [-0.3, -0.25) is 9.89 Å². The Hall–Kier alpha value is -3.74. The standard InChI is InChI=1S/C23H24N4O3/c1-15(2)12-16-4-8-18(9-5-16)20-13-21(26-25-20)22(28)27-24-14-17-6-10-19(11-7-17)23(29)30-3/h4-11,13-15H,12H2,1-3H3,(H,25,26)(H,27,28)/b24-14-. The van der Waals surface area contributed by atoms with E-state index in [1.54, 1.807) is 30.3 Å². The van der Waals surface area contributed by atoms with Crippen LogP contribution in [0.4, 0.5) is 0 Å². The number of methoxy groups -OCH3 is 1. The molecule has 0 radical (unpaired) electrons. The zero-order valence-corrected chi connectivity index (χ0v) is 17.2. The molecule has 0 saturated heterocycles. The molecule has 7 nitrogen and oxygen atoms in total. The molecule has 1 amide bonds. The molecule has 2 aromatic carbocycles. The molecule has 2 N–H and O–H groups in total. The lowest BCUT2D eigenvalue weighted by Gasteiger charge is -2.05. The van der Waals surface area contributed by atoms with E-state index in [0.29, 0.717) is 22.9 Å². The minimum absolute atomic E-state index is 0.314. The predicted molar refractivity (Wildman–Crippen MR) is 115 cm³/mol. The quantitative estimate of drug-likeness (QED) is 0.355. The SMILES string of the molecule is COC(=O)c1ccc(/C=N\NC(=O)c2cc(-c3ccc(CC(C)C)cc3)n[nH]2)cc1. The summed E-state index contributed by atoms with van der Waals surface area (Å²) in [5, 5.41) is 10.9. The smallest absolute Gasteiger partial charge is 0.337 e. The fourth-order valence-electron chi connectivity index (χ4n) is 2.92. The van der Waals surface area contributed by atoms with E-state index in [1.165, 1.54) is 18.9 Å². The fourth-order valence-corrected chi connectivity index (χ4v) is 2.92. The highest BCUT2D eigenvalue weighted by atomic mass is 16.5. The van der Waals surface area contributed by atoms with Crippen LogP contribution in [0.25, 0.3) is 11.3 Å². The number of hydrogen-bond acceptors (Lipinski definition) is 5. The number of carbonyl (C=O) groups is 2. The molecular weight excluding hydrogens is 380 g/mol. The second-order valence-corrected chi connectivity index (χ2v) is 7.27.